The molecule has 0 heterocycles. The number of ether oxygens (including phenoxy) is 1. The number of esters is 1. The van der Waals surface area contributed by atoms with E-state index in [4.69, 9.17) is 4.74 Å². The predicted octanol–water partition coefficient (Wildman–Crippen LogP) is 3.00. The molecule has 104 valence electrons. The third-order valence-electron chi connectivity index (χ3n) is 4.03. The Bertz CT molecular complexity index is 480. The summed E-state index contributed by atoms with van der Waals surface area (Å²) in [6, 6.07) is 4.38. The minimum Gasteiger partial charge on any atom is -0.469 e. The second-order valence-corrected chi connectivity index (χ2v) is 5.88. The Morgan fingerprint density at radius 3 is 2.21 bits per heavy atom. The molecule has 3 heteroatoms. The van der Waals surface area contributed by atoms with Crippen molar-refractivity contribution in [1.29, 1.82) is 0 Å². The van der Waals surface area contributed by atoms with Crippen molar-refractivity contribution in [1.82, 2.24) is 0 Å². The molecular weight excluding hydrogens is 238 g/mol. The predicted molar refractivity (Wildman–Crippen MR) is 77.6 cm³/mol. The van der Waals surface area contributed by atoms with Crippen molar-refractivity contribution in [3.05, 3.63) is 28.8 Å². The number of carbonyl (C=O) groups excluding carboxylic acids is 1. The summed E-state index contributed by atoms with van der Waals surface area (Å²) in [7, 11) is 3.54. The number of hydrogen-bond acceptors (Lipinski definition) is 3. The van der Waals surface area contributed by atoms with Gasteiger partial charge >= 0.3 is 5.97 Å². The number of rotatable bonds is 4. The monoisotopic (exact) mass is 261 g/mol. The Balaban J connectivity index is 2.22. The molecule has 0 radical (unpaired) electrons. The van der Waals surface area contributed by atoms with Crippen molar-refractivity contribution in [2.75, 3.05) is 25.6 Å². The van der Waals surface area contributed by atoms with Crippen molar-refractivity contribution in [3.63, 3.8) is 0 Å². The molecular formula is C16H23NO2. The number of methoxy groups -OCH3 is 1. The lowest BCUT2D eigenvalue weighted by Gasteiger charge is -2.27. The van der Waals surface area contributed by atoms with Crippen molar-refractivity contribution >= 4 is 11.7 Å². The molecule has 1 fully saturated rings. The summed E-state index contributed by atoms with van der Waals surface area (Å²) in [6.45, 7) is 7.11. The molecule has 1 aromatic rings. The highest BCUT2D eigenvalue weighted by atomic mass is 16.5. The van der Waals surface area contributed by atoms with E-state index in [-0.39, 0.29) is 11.4 Å². The zero-order valence-corrected chi connectivity index (χ0v) is 12.5. The summed E-state index contributed by atoms with van der Waals surface area (Å²) < 4.78 is 4.93. The van der Waals surface area contributed by atoms with E-state index in [0.29, 0.717) is 0 Å². The van der Waals surface area contributed by atoms with E-state index >= 15 is 0 Å². The minimum absolute atomic E-state index is 0.0678. The molecule has 0 amide bonds. The van der Waals surface area contributed by atoms with E-state index in [1.54, 1.807) is 0 Å². The van der Waals surface area contributed by atoms with Gasteiger partial charge < -0.3 is 9.64 Å². The largest absolute Gasteiger partial charge is 0.469 e. The Hall–Kier alpha value is -1.51. The first-order valence-electron chi connectivity index (χ1n) is 6.77. The summed E-state index contributed by atoms with van der Waals surface area (Å²) in [5.41, 5.74) is 4.77. The maximum absolute atomic E-state index is 11.8. The minimum atomic E-state index is -0.271. The molecule has 0 atom stereocenters. The topological polar surface area (TPSA) is 29.5 Å². The summed E-state index contributed by atoms with van der Waals surface area (Å²) >= 11 is 0. The molecule has 0 aromatic heterocycles. The first kappa shape index (κ1) is 13.9. The summed E-state index contributed by atoms with van der Waals surface area (Å²) in [6.07, 6.45) is 1.88. The fourth-order valence-corrected chi connectivity index (χ4v) is 3.10. The molecule has 1 saturated carbocycles. The van der Waals surface area contributed by atoms with Crippen LogP contribution in [0.2, 0.25) is 0 Å². The van der Waals surface area contributed by atoms with Gasteiger partial charge in [-0.25, -0.2) is 0 Å². The van der Waals surface area contributed by atoms with Crippen LogP contribution in [0.3, 0.4) is 0 Å². The number of anilines is 1. The van der Waals surface area contributed by atoms with Crippen LogP contribution < -0.4 is 4.90 Å². The summed E-state index contributed by atoms with van der Waals surface area (Å²) in [5, 5.41) is 0. The molecule has 0 N–H and O–H groups in total. The maximum atomic E-state index is 11.8. The van der Waals surface area contributed by atoms with Crippen LogP contribution in [0.4, 0.5) is 5.69 Å². The second kappa shape index (κ2) is 4.87. The molecule has 0 saturated heterocycles. The lowest BCUT2D eigenvalue weighted by Crippen LogP contribution is -2.33. The van der Waals surface area contributed by atoms with Gasteiger partial charge in [-0.3, -0.25) is 4.79 Å². The Morgan fingerprint density at radius 2 is 1.79 bits per heavy atom. The van der Waals surface area contributed by atoms with E-state index in [2.05, 4.69) is 44.9 Å². The van der Waals surface area contributed by atoms with Crippen LogP contribution in [0.5, 0.6) is 0 Å². The third kappa shape index (κ3) is 2.60. The molecule has 0 bridgehead atoms. The standard InChI is InChI=1S/C16H23NO2/c1-11-8-12(2)14(13(3)9-11)17(4)10-16(6-7-16)15(18)19-5/h8-9H,6-7,10H2,1-5H3. The number of nitrogens with zero attached hydrogens (tertiary/aromatic N) is 1. The number of benzene rings is 1. The van der Waals surface area contributed by atoms with Crippen molar-refractivity contribution in [3.8, 4) is 0 Å². The SMILES string of the molecule is COC(=O)C1(CN(C)c2c(C)cc(C)cc2C)CC1. The highest BCUT2D eigenvalue weighted by Gasteiger charge is 2.51. The smallest absolute Gasteiger partial charge is 0.313 e. The van der Waals surface area contributed by atoms with Crippen LogP contribution in [-0.2, 0) is 9.53 Å². The first-order chi connectivity index (χ1) is 8.89. The Labute approximate surface area is 115 Å². The summed E-state index contributed by atoms with van der Waals surface area (Å²) in [5.74, 6) is -0.0678. The molecule has 1 aliphatic rings. The van der Waals surface area contributed by atoms with Crippen molar-refractivity contribution in [2.45, 2.75) is 33.6 Å². The van der Waals surface area contributed by atoms with E-state index in [9.17, 15) is 4.79 Å². The number of carbonyl (C=O) groups is 1. The van der Waals surface area contributed by atoms with Crippen LogP contribution >= 0.6 is 0 Å². The molecule has 19 heavy (non-hydrogen) atoms. The number of hydrogen-bond donors (Lipinski definition) is 0. The van der Waals surface area contributed by atoms with E-state index in [1.807, 2.05) is 0 Å². The fraction of sp³-hybridized carbons (Fsp3) is 0.562. The molecule has 3 nitrogen and oxygen atoms in total. The van der Waals surface area contributed by atoms with Crippen molar-refractivity contribution in [2.24, 2.45) is 5.41 Å². The molecule has 1 aliphatic carbocycles. The first-order valence-corrected chi connectivity index (χ1v) is 6.77. The molecule has 0 aliphatic heterocycles. The highest BCUT2D eigenvalue weighted by Crippen LogP contribution is 2.48. The Morgan fingerprint density at radius 1 is 1.26 bits per heavy atom. The van der Waals surface area contributed by atoms with E-state index in [1.165, 1.54) is 29.5 Å². The zero-order valence-electron chi connectivity index (χ0n) is 12.5. The van der Waals surface area contributed by atoms with Crippen LogP contribution in [-0.4, -0.2) is 26.7 Å². The average molecular weight is 261 g/mol. The van der Waals surface area contributed by atoms with Crippen LogP contribution in [0.25, 0.3) is 0 Å². The second-order valence-electron chi connectivity index (χ2n) is 5.88. The van der Waals surface area contributed by atoms with Crippen LogP contribution in [0.15, 0.2) is 12.1 Å². The van der Waals surface area contributed by atoms with Gasteiger partial charge in [-0.2, -0.15) is 0 Å². The lowest BCUT2D eigenvalue weighted by atomic mass is 10.0. The van der Waals surface area contributed by atoms with Gasteiger partial charge in [0.1, 0.15) is 0 Å². The van der Waals surface area contributed by atoms with Gasteiger partial charge in [-0.15, -0.1) is 0 Å². The third-order valence-corrected chi connectivity index (χ3v) is 4.03. The molecule has 0 spiro atoms. The fourth-order valence-electron chi connectivity index (χ4n) is 3.10. The molecule has 0 unspecified atom stereocenters. The number of aryl methyl sites for hydroxylation is 3. The average Bonchev–Trinajstić information content (AvgIpc) is 3.07. The van der Waals surface area contributed by atoms with Crippen molar-refractivity contribution < 1.29 is 9.53 Å². The van der Waals surface area contributed by atoms with Gasteiger partial charge in [0.2, 0.25) is 0 Å². The van der Waals surface area contributed by atoms with E-state index in [0.717, 1.165) is 19.4 Å². The van der Waals surface area contributed by atoms with Crippen LogP contribution in [0.1, 0.15) is 29.5 Å². The Kier molecular flexibility index (Phi) is 3.57. The molecule has 2 rings (SSSR count). The normalized spacial score (nSPS) is 16.1. The zero-order chi connectivity index (χ0) is 14.2. The summed E-state index contributed by atoms with van der Waals surface area (Å²) in [4.78, 5) is 14.0. The van der Waals surface area contributed by atoms with Gasteiger partial charge in [0.25, 0.3) is 0 Å². The quantitative estimate of drug-likeness (QED) is 0.780. The van der Waals surface area contributed by atoms with Gasteiger partial charge in [-0.1, -0.05) is 17.7 Å². The lowest BCUT2D eigenvalue weighted by molar-refractivity contribution is -0.146. The van der Waals surface area contributed by atoms with Gasteiger partial charge in [0.15, 0.2) is 0 Å². The van der Waals surface area contributed by atoms with Gasteiger partial charge in [0, 0.05) is 19.3 Å². The highest BCUT2D eigenvalue weighted by molar-refractivity contribution is 5.81. The van der Waals surface area contributed by atoms with Gasteiger partial charge in [-0.05, 0) is 44.7 Å². The van der Waals surface area contributed by atoms with Crippen LogP contribution in [0, 0.1) is 26.2 Å². The van der Waals surface area contributed by atoms with E-state index < -0.39 is 0 Å². The van der Waals surface area contributed by atoms with Gasteiger partial charge in [0.05, 0.1) is 12.5 Å². The maximum Gasteiger partial charge on any atom is 0.313 e. The molecule has 1 aromatic carbocycles.